The molecule has 1 aromatic heterocycles. The first-order valence-corrected chi connectivity index (χ1v) is 12.7. The lowest BCUT2D eigenvalue weighted by Gasteiger charge is -2.14. The Balaban J connectivity index is 1.69. The number of nitrogens with one attached hydrogen (secondary N) is 1. The van der Waals surface area contributed by atoms with Crippen molar-refractivity contribution in [3.05, 3.63) is 94.0 Å². The van der Waals surface area contributed by atoms with Gasteiger partial charge in [0, 0.05) is 28.9 Å². The van der Waals surface area contributed by atoms with Crippen molar-refractivity contribution in [1.82, 2.24) is 4.98 Å². The van der Waals surface area contributed by atoms with Gasteiger partial charge >= 0.3 is 0 Å². The van der Waals surface area contributed by atoms with Crippen molar-refractivity contribution >= 4 is 29.0 Å². The molecule has 0 aliphatic rings. The number of carbonyl (C=O) groups is 1. The number of hydrogen-bond acceptors (Lipinski definition) is 8. The summed E-state index contributed by atoms with van der Waals surface area (Å²) in [5.74, 6) is 0.719. The minimum absolute atomic E-state index is 0.0261. The highest BCUT2D eigenvalue weighted by atomic mass is 32.2. The van der Waals surface area contributed by atoms with E-state index in [-0.39, 0.29) is 17.3 Å². The van der Waals surface area contributed by atoms with Crippen molar-refractivity contribution < 1.29 is 19.2 Å². The molecule has 196 valence electrons. The van der Waals surface area contributed by atoms with Crippen LogP contribution in [0.15, 0.2) is 77.8 Å². The molecule has 0 aliphatic heterocycles. The quantitative estimate of drug-likeness (QED) is 0.150. The summed E-state index contributed by atoms with van der Waals surface area (Å²) in [5.41, 5.74) is 4.20. The highest BCUT2D eigenvalue weighted by molar-refractivity contribution is 8.00. The van der Waals surface area contributed by atoms with Gasteiger partial charge in [-0.1, -0.05) is 48.2 Å². The van der Waals surface area contributed by atoms with Crippen LogP contribution in [0.1, 0.15) is 11.1 Å². The van der Waals surface area contributed by atoms with Gasteiger partial charge in [0.2, 0.25) is 5.91 Å². The van der Waals surface area contributed by atoms with E-state index in [2.05, 4.69) is 11.4 Å². The maximum Gasteiger partial charge on any atom is 0.269 e. The first-order chi connectivity index (χ1) is 18.8. The largest absolute Gasteiger partial charge is 0.493 e. The summed E-state index contributed by atoms with van der Waals surface area (Å²) in [7, 11) is 3.09. The Morgan fingerprint density at radius 1 is 1.03 bits per heavy atom. The second kappa shape index (κ2) is 12.1. The zero-order valence-electron chi connectivity index (χ0n) is 21.4. The van der Waals surface area contributed by atoms with Crippen LogP contribution in [0.4, 0.5) is 11.4 Å². The molecule has 1 amide bonds. The number of rotatable bonds is 9. The number of hydrogen-bond donors (Lipinski definition) is 1. The maximum atomic E-state index is 12.8. The number of nitrogens with zero attached hydrogens (tertiary/aromatic N) is 3. The van der Waals surface area contributed by atoms with Crippen molar-refractivity contribution in [2.45, 2.75) is 11.9 Å². The van der Waals surface area contributed by atoms with Crippen molar-refractivity contribution in [3.8, 4) is 40.0 Å². The fourth-order valence-electron chi connectivity index (χ4n) is 3.94. The van der Waals surface area contributed by atoms with E-state index in [1.54, 1.807) is 33.3 Å². The minimum atomic E-state index is -0.487. The third-order valence-corrected chi connectivity index (χ3v) is 6.87. The summed E-state index contributed by atoms with van der Waals surface area (Å²) in [4.78, 5) is 28.1. The van der Waals surface area contributed by atoms with Crippen molar-refractivity contribution in [2.75, 3.05) is 25.3 Å². The lowest BCUT2D eigenvalue weighted by atomic mass is 9.99. The lowest BCUT2D eigenvalue weighted by molar-refractivity contribution is -0.384. The summed E-state index contributed by atoms with van der Waals surface area (Å²) >= 11 is 1.14. The highest BCUT2D eigenvalue weighted by Gasteiger charge is 2.19. The molecule has 0 unspecified atom stereocenters. The standard InChI is InChI=1S/C29H24N4O5S/c1-18-13-21(33(35)36)10-11-24(18)31-28(34)17-39-29-23(16-30)22(15-25(32-29)19-7-5-4-6-8-19)20-9-12-26(37-2)27(14-20)38-3/h4-15H,17H2,1-3H3,(H,31,34). The average molecular weight is 541 g/mol. The van der Waals surface area contributed by atoms with Crippen LogP contribution in [-0.2, 0) is 4.79 Å². The van der Waals surface area contributed by atoms with Gasteiger partial charge in [0.1, 0.15) is 11.1 Å². The molecule has 0 spiro atoms. The van der Waals surface area contributed by atoms with Crippen LogP contribution < -0.4 is 14.8 Å². The summed E-state index contributed by atoms with van der Waals surface area (Å²) in [5, 5.41) is 24.3. The van der Waals surface area contributed by atoms with Crippen molar-refractivity contribution in [1.29, 1.82) is 5.26 Å². The van der Waals surface area contributed by atoms with Crippen LogP contribution in [0.2, 0.25) is 0 Å². The number of thioether (sulfide) groups is 1. The molecule has 0 saturated heterocycles. The van der Waals surface area contributed by atoms with Gasteiger partial charge in [0.25, 0.3) is 5.69 Å². The summed E-state index contributed by atoms with van der Waals surface area (Å²) in [6, 6.07) is 23.3. The van der Waals surface area contributed by atoms with E-state index in [1.807, 2.05) is 42.5 Å². The van der Waals surface area contributed by atoms with Gasteiger partial charge in [-0.25, -0.2) is 4.98 Å². The number of nitriles is 1. The molecule has 3 aromatic carbocycles. The number of benzene rings is 3. The Morgan fingerprint density at radius 2 is 1.77 bits per heavy atom. The van der Waals surface area contributed by atoms with Gasteiger partial charge in [-0.15, -0.1) is 0 Å². The fourth-order valence-corrected chi connectivity index (χ4v) is 4.75. The number of non-ortho nitro benzene ring substituents is 1. The molecule has 4 aromatic rings. The van der Waals surface area contributed by atoms with Gasteiger partial charge in [-0.2, -0.15) is 5.26 Å². The molecule has 4 rings (SSSR count). The highest BCUT2D eigenvalue weighted by Crippen LogP contribution is 2.38. The fraction of sp³-hybridized carbons (Fsp3) is 0.138. The molecule has 1 heterocycles. The number of aromatic nitrogens is 1. The second-order valence-electron chi connectivity index (χ2n) is 8.38. The number of methoxy groups -OCH3 is 2. The van der Waals surface area contributed by atoms with Crippen LogP contribution in [0.3, 0.4) is 0 Å². The predicted molar refractivity (Wildman–Crippen MR) is 150 cm³/mol. The Hall–Kier alpha value is -4.88. The van der Waals surface area contributed by atoms with Crippen LogP contribution >= 0.6 is 11.8 Å². The first kappa shape index (κ1) is 27.2. The zero-order valence-corrected chi connectivity index (χ0v) is 22.2. The first-order valence-electron chi connectivity index (χ1n) is 11.7. The normalized spacial score (nSPS) is 10.4. The third kappa shape index (κ3) is 6.17. The van der Waals surface area contributed by atoms with Gasteiger partial charge in [0.15, 0.2) is 11.5 Å². The van der Waals surface area contributed by atoms with Gasteiger partial charge < -0.3 is 14.8 Å². The van der Waals surface area contributed by atoms with E-state index in [0.717, 1.165) is 22.9 Å². The topological polar surface area (TPSA) is 127 Å². The van der Waals surface area contributed by atoms with E-state index in [4.69, 9.17) is 14.5 Å². The number of pyridine rings is 1. The molecule has 0 atom stereocenters. The monoisotopic (exact) mass is 540 g/mol. The summed E-state index contributed by atoms with van der Waals surface area (Å²) in [6.07, 6.45) is 0. The summed E-state index contributed by atoms with van der Waals surface area (Å²) < 4.78 is 10.8. The second-order valence-corrected chi connectivity index (χ2v) is 9.34. The number of carbonyl (C=O) groups excluding carboxylic acids is 1. The van der Waals surface area contributed by atoms with Crippen molar-refractivity contribution in [3.63, 3.8) is 0 Å². The van der Waals surface area contributed by atoms with Gasteiger partial charge in [-0.05, 0) is 42.3 Å². The molecule has 0 bridgehead atoms. The molecule has 1 N–H and O–H groups in total. The molecule has 0 radical (unpaired) electrons. The number of ether oxygens (including phenoxy) is 2. The summed E-state index contributed by atoms with van der Waals surface area (Å²) in [6.45, 7) is 1.68. The van der Waals surface area contributed by atoms with E-state index in [9.17, 15) is 20.2 Å². The van der Waals surface area contributed by atoms with E-state index >= 15 is 0 Å². The van der Waals surface area contributed by atoms with Crippen LogP contribution in [-0.4, -0.2) is 35.8 Å². The number of amides is 1. The smallest absolute Gasteiger partial charge is 0.269 e. The number of anilines is 1. The molecular formula is C29H24N4O5S. The van der Waals surface area contributed by atoms with E-state index < -0.39 is 4.92 Å². The molecule has 0 fully saturated rings. The number of nitro groups is 1. The zero-order chi connectivity index (χ0) is 27.9. The lowest BCUT2D eigenvalue weighted by Crippen LogP contribution is -2.15. The molecule has 10 heteroatoms. The molecule has 0 saturated carbocycles. The van der Waals surface area contributed by atoms with Crippen LogP contribution in [0.25, 0.3) is 22.4 Å². The van der Waals surface area contributed by atoms with Crippen molar-refractivity contribution in [2.24, 2.45) is 0 Å². The average Bonchev–Trinajstić information content (AvgIpc) is 2.96. The Morgan fingerprint density at radius 3 is 2.41 bits per heavy atom. The van der Waals surface area contributed by atoms with E-state index in [0.29, 0.717) is 44.6 Å². The molecule has 39 heavy (non-hydrogen) atoms. The minimum Gasteiger partial charge on any atom is -0.493 e. The van der Waals surface area contributed by atoms with Crippen LogP contribution in [0, 0.1) is 28.4 Å². The Kier molecular flexibility index (Phi) is 8.43. The SMILES string of the molecule is COc1ccc(-c2cc(-c3ccccc3)nc(SCC(=O)Nc3ccc([N+](=O)[O-])cc3C)c2C#N)cc1OC. The van der Waals surface area contributed by atoms with Crippen LogP contribution in [0.5, 0.6) is 11.5 Å². The molecule has 0 aliphatic carbocycles. The number of aryl methyl sites for hydroxylation is 1. The predicted octanol–water partition coefficient (Wildman–Crippen LogP) is 6.25. The van der Waals surface area contributed by atoms with E-state index in [1.165, 1.54) is 18.2 Å². The van der Waals surface area contributed by atoms with Gasteiger partial charge in [0.05, 0.1) is 36.2 Å². The molecular weight excluding hydrogens is 516 g/mol. The van der Waals surface area contributed by atoms with Gasteiger partial charge in [-0.3, -0.25) is 14.9 Å². The Bertz CT molecular complexity index is 1590. The molecule has 9 nitrogen and oxygen atoms in total. The number of nitro benzene ring substituents is 1. The Labute approximate surface area is 229 Å². The third-order valence-electron chi connectivity index (χ3n) is 5.90. The maximum absolute atomic E-state index is 12.8.